The highest BCUT2D eigenvalue weighted by molar-refractivity contribution is 5.79. The summed E-state index contributed by atoms with van der Waals surface area (Å²) in [7, 11) is 0. The van der Waals surface area contributed by atoms with Crippen LogP contribution in [-0.4, -0.2) is 18.6 Å². The normalized spacial score (nSPS) is 20.6. The van der Waals surface area contributed by atoms with E-state index in [0.29, 0.717) is 18.1 Å². The van der Waals surface area contributed by atoms with Gasteiger partial charge >= 0.3 is 5.97 Å². The minimum atomic E-state index is -0.0727. The maximum Gasteiger partial charge on any atom is 0.312 e. The molecule has 3 heteroatoms. The van der Waals surface area contributed by atoms with Gasteiger partial charge in [0, 0.05) is 6.04 Å². The summed E-state index contributed by atoms with van der Waals surface area (Å²) in [5, 5.41) is 0. The van der Waals surface area contributed by atoms with E-state index in [2.05, 4.69) is 6.92 Å². The lowest BCUT2D eigenvalue weighted by Crippen LogP contribution is -2.27. The zero-order valence-corrected chi connectivity index (χ0v) is 17.5. The van der Waals surface area contributed by atoms with Gasteiger partial charge in [-0.2, -0.15) is 0 Å². The number of carbonyl (C=O) groups is 1. The molecule has 2 rings (SSSR count). The minimum Gasteiger partial charge on any atom is -0.466 e. The first kappa shape index (κ1) is 21.7. The molecule has 0 spiro atoms. The Balaban J connectivity index is 1.33. The van der Waals surface area contributed by atoms with Crippen LogP contribution in [0, 0.1) is 10.8 Å². The minimum absolute atomic E-state index is 0.0635. The molecule has 0 aromatic rings. The Morgan fingerprint density at radius 2 is 1.31 bits per heavy atom. The fourth-order valence-corrected chi connectivity index (χ4v) is 4.44. The Morgan fingerprint density at radius 1 is 0.846 bits per heavy atom. The molecule has 0 bridgehead atoms. The van der Waals surface area contributed by atoms with Crippen molar-refractivity contribution in [2.75, 3.05) is 6.61 Å². The Kier molecular flexibility index (Phi) is 8.93. The lowest BCUT2D eigenvalue weighted by atomic mass is 9.91. The van der Waals surface area contributed by atoms with Crippen LogP contribution in [0.3, 0.4) is 0 Å². The van der Waals surface area contributed by atoms with Crippen LogP contribution in [0.15, 0.2) is 0 Å². The second kappa shape index (κ2) is 10.7. The lowest BCUT2D eigenvalue weighted by molar-refractivity contribution is -0.150. The van der Waals surface area contributed by atoms with Gasteiger partial charge in [-0.15, -0.1) is 0 Å². The predicted molar refractivity (Wildman–Crippen MR) is 109 cm³/mol. The number of hydrogen-bond acceptors (Lipinski definition) is 3. The van der Waals surface area contributed by atoms with Crippen LogP contribution in [0.5, 0.6) is 0 Å². The highest BCUT2D eigenvalue weighted by Gasteiger charge is 2.50. The van der Waals surface area contributed by atoms with E-state index in [1.807, 2.05) is 6.92 Å². The average molecular weight is 366 g/mol. The van der Waals surface area contributed by atoms with Crippen molar-refractivity contribution >= 4 is 5.97 Å². The standard InChI is InChI=1S/C23H43NO2/c1-3-26-21(25)23(18-19-23)15-13-11-9-7-5-4-6-8-10-12-14-22(16-17-22)20(2)24/h20H,3-19,24H2,1-2H3. The summed E-state index contributed by atoms with van der Waals surface area (Å²) in [4.78, 5) is 11.9. The molecule has 2 aliphatic carbocycles. The second-order valence-electron chi connectivity index (χ2n) is 9.19. The van der Waals surface area contributed by atoms with Gasteiger partial charge in [-0.25, -0.2) is 0 Å². The lowest BCUT2D eigenvalue weighted by Gasteiger charge is -2.19. The SMILES string of the molecule is CCOC(=O)C1(CCCCCCCCCCCCC2(C(C)N)CC2)CC1. The molecule has 1 unspecified atom stereocenters. The molecule has 2 saturated carbocycles. The van der Waals surface area contributed by atoms with Gasteiger partial charge in [-0.3, -0.25) is 4.79 Å². The maximum atomic E-state index is 11.9. The van der Waals surface area contributed by atoms with E-state index in [9.17, 15) is 4.79 Å². The van der Waals surface area contributed by atoms with Crippen LogP contribution in [0.25, 0.3) is 0 Å². The average Bonchev–Trinajstić information content (AvgIpc) is 3.52. The maximum absolute atomic E-state index is 11.9. The van der Waals surface area contributed by atoms with Crippen molar-refractivity contribution in [3.8, 4) is 0 Å². The van der Waals surface area contributed by atoms with Gasteiger partial charge in [0.2, 0.25) is 0 Å². The second-order valence-corrected chi connectivity index (χ2v) is 9.19. The first-order chi connectivity index (χ1) is 12.5. The number of esters is 1. The molecule has 0 radical (unpaired) electrons. The highest BCUT2D eigenvalue weighted by Crippen LogP contribution is 2.52. The molecule has 26 heavy (non-hydrogen) atoms. The van der Waals surface area contributed by atoms with E-state index in [1.165, 1.54) is 83.5 Å². The summed E-state index contributed by atoms with van der Waals surface area (Å²) in [5.41, 5.74) is 6.56. The fraction of sp³-hybridized carbons (Fsp3) is 0.957. The highest BCUT2D eigenvalue weighted by atomic mass is 16.5. The molecular formula is C23H43NO2. The van der Waals surface area contributed by atoms with E-state index in [1.54, 1.807) is 0 Å². The summed E-state index contributed by atoms with van der Waals surface area (Å²) in [6, 6.07) is 0.398. The van der Waals surface area contributed by atoms with Crippen LogP contribution in [0.4, 0.5) is 0 Å². The van der Waals surface area contributed by atoms with Gasteiger partial charge in [-0.05, 0) is 57.8 Å². The Morgan fingerprint density at radius 3 is 1.69 bits per heavy atom. The quantitative estimate of drug-likeness (QED) is 0.264. The molecule has 2 fully saturated rings. The number of rotatable bonds is 16. The molecule has 0 aliphatic heterocycles. The van der Waals surface area contributed by atoms with Crippen LogP contribution < -0.4 is 5.73 Å². The van der Waals surface area contributed by atoms with Crippen molar-refractivity contribution in [1.29, 1.82) is 0 Å². The zero-order valence-electron chi connectivity index (χ0n) is 17.5. The molecule has 2 N–H and O–H groups in total. The van der Waals surface area contributed by atoms with Crippen molar-refractivity contribution < 1.29 is 9.53 Å². The number of hydrogen-bond donors (Lipinski definition) is 1. The van der Waals surface area contributed by atoms with Crippen molar-refractivity contribution in [3.05, 3.63) is 0 Å². The number of nitrogens with two attached hydrogens (primary N) is 1. The number of ether oxygens (including phenoxy) is 1. The smallest absolute Gasteiger partial charge is 0.312 e. The van der Waals surface area contributed by atoms with Crippen molar-refractivity contribution in [1.82, 2.24) is 0 Å². The topological polar surface area (TPSA) is 52.3 Å². The van der Waals surface area contributed by atoms with Gasteiger partial charge in [-0.1, -0.05) is 64.2 Å². The molecule has 0 amide bonds. The first-order valence-corrected chi connectivity index (χ1v) is 11.5. The van der Waals surface area contributed by atoms with Crippen molar-refractivity contribution in [3.63, 3.8) is 0 Å². The largest absolute Gasteiger partial charge is 0.466 e. The van der Waals surface area contributed by atoms with Gasteiger partial charge in [0.1, 0.15) is 0 Å². The van der Waals surface area contributed by atoms with E-state index >= 15 is 0 Å². The van der Waals surface area contributed by atoms with Crippen LogP contribution in [0.2, 0.25) is 0 Å². The summed E-state index contributed by atoms with van der Waals surface area (Å²) in [6.07, 6.45) is 20.8. The fourth-order valence-electron chi connectivity index (χ4n) is 4.44. The number of unbranched alkanes of at least 4 members (excludes halogenated alkanes) is 9. The predicted octanol–water partition coefficient (Wildman–Crippen LogP) is 6.14. The number of carbonyl (C=O) groups excluding carboxylic acids is 1. The molecule has 0 heterocycles. The van der Waals surface area contributed by atoms with Crippen LogP contribution in [-0.2, 0) is 9.53 Å². The van der Waals surface area contributed by atoms with Gasteiger partial charge in [0.25, 0.3) is 0 Å². The molecular weight excluding hydrogens is 322 g/mol. The third-order valence-corrected chi connectivity index (χ3v) is 7.00. The molecule has 1 atom stereocenters. The van der Waals surface area contributed by atoms with Gasteiger partial charge < -0.3 is 10.5 Å². The monoisotopic (exact) mass is 365 g/mol. The molecule has 0 aromatic heterocycles. The zero-order chi connectivity index (χ0) is 18.9. The molecule has 0 saturated heterocycles. The van der Waals surface area contributed by atoms with E-state index in [0.717, 1.165) is 19.3 Å². The third-order valence-electron chi connectivity index (χ3n) is 7.00. The van der Waals surface area contributed by atoms with Crippen LogP contribution in [0.1, 0.15) is 117 Å². The third kappa shape index (κ3) is 6.87. The summed E-state index contributed by atoms with van der Waals surface area (Å²) in [6.45, 7) is 4.61. The Bertz CT molecular complexity index is 410. The Labute approximate surface area is 161 Å². The van der Waals surface area contributed by atoms with E-state index in [-0.39, 0.29) is 11.4 Å². The molecule has 152 valence electrons. The van der Waals surface area contributed by atoms with Crippen LogP contribution >= 0.6 is 0 Å². The first-order valence-electron chi connectivity index (χ1n) is 11.5. The molecule has 3 nitrogen and oxygen atoms in total. The van der Waals surface area contributed by atoms with E-state index < -0.39 is 0 Å². The van der Waals surface area contributed by atoms with E-state index in [4.69, 9.17) is 10.5 Å². The summed E-state index contributed by atoms with van der Waals surface area (Å²) < 4.78 is 5.21. The summed E-state index contributed by atoms with van der Waals surface area (Å²) >= 11 is 0. The van der Waals surface area contributed by atoms with Crippen molar-refractivity contribution in [2.24, 2.45) is 16.6 Å². The van der Waals surface area contributed by atoms with Gasteiger partial charge in [0.05, 0.1) is 12.0 Å². The van der Waals surface area contributed by atoms with Gasteiger partial charge in [0.15, 0.2) is 0 Å². The molecule has 0 aromatic carbocycles. The Hall–Kier alpha value is -0.570. The van der Waals surface area contributed by atoms with Crippen molar-refractivity contribution in [2.45, 2.75) is 123 Å². The molecule has 2 aliphatic rings. The summed E-state index contributed by atoms with van der Waals surface area (Å²) in [5.74, 6) is 0.0635.